The third kappa shape index (κ3) is 5.10. The minimum atomic E-state index is -4.31. The number of hydrogen-bond acceptors (Lipinski definition) is 2. The summed E-state index contributed by atoms with van der Waals surface area (Å²) >= 11 is 5.57. The highest BCUT2D eigenvalue weighted by atomic mass is 32.1. The maximum Gasteiger partial charge on any atom is 0.416 e. The van der Waals surface area contributed by atoms with E-state index in [1.807, 2.05) is 0 Å². The van der Waals surface area contributed by atoms with Crippen LogP contribution in [0.1, 0.15) is 44.1 Å². The lowest BCUT2D eigenvalue weighted by Crippen LogP contribution is -2.46. The van der Waals surface area contributed by atoms with Crippen LogP contribution in [0.4, 0.5) is 18.9 Å². The summed E-state index contributed by atoms with van der Waals surface area (Å²) in [5.74, 6) is 0. The number of piperidine rings is 1. The van der Waals surface area contributed by atoms with Gasteiger partial charge in [0, 0.05) is 24.8 Å². The number of thiocarbonyl (C=S) groups is 1. The number of anilines is 1. The van der Waals surface area contributed by atoms with Crippen LogP contribution < -0.4 is 5.32 Å². The Labute approximate surface area is 158 Å². The van der Waals surface area contributed by atoms with E-state index in [9.17, 15) is 13.2 Å². The maximum atomic E-state index is 12.7. The van der Waals surface area contributed by atoms with E-state index in [1.165, 1.54) is 44.5 Å². The van der Waals surface area contributed by atoms with E-state index in [0.717, 1.165) is 44.5 Å². The minimum absolute atomic E-state index is 0.416. The van der Waals surface area contributed by atoms with Gasteiger partial charge in [-0.05, 0) is 88.1 Å². The third-order valence-electron chi connectivity index (χ3n) is 5.33. The number of halogens is 3. The van der Waals surface area contributed by atoms with Crippen LogP contribution in [0.5, 0.6) is 0 Å². The lowest BCUT2D eigenvalue weighted by Gasteiger charge is -2.38. The molecular weight excluding hydrogens is 359 g/mol. The minimum Gasteiger partial charge on any atom is -0.346 e. The van der Waals surface area contributed by atoms with Crippen LogP contribution in [0.15, 0.2) is 24.3 Å². The molecule has 1 aromatic carbocycles. The first-order chi connectivity index (χ1) is 12.4. The van der Waals surface area contributed by atoms with Crippen LogP contribution in [0.25, 0.3) is 0 Å². The lowest BCUT2D eigenvalue weighted by atomic mass is 9.99. The van der Waals surface area contributed by atoms with Gasteiger partial charge in [0.2, 0.25) is 0 Å². The van der Waals surface area contributed by atoms with Crippen molar-refractivity contribution in [3.8, 4) is 0 Å². The molecule has 2 fully saturated rings. The monoisotopic (exact) mass is 385 g/mol. The Kier molecular flexibility index (Phi) is 6.40. The van der Waals surface area contributed by atoms with Gasteiger partial charge >= 0.3 is 6.18 Å². The second-order valence-electron chi connectivity index (χ2n) is 7.19. The molecule has 1 N–H and O–H groups in total. The normalized spacial score (nSPS) is 21.8. The molecule has 3 rings (SSSR count). The molecule has 2 aliphatic rings. The zero-order valence-corrected chi connectivity index (χ0v) is 15.7. The van der Waals surface area contributed by atoms with Crippen molar-refractivity contribution in [3.05, 3.63) is 29.8 Å². The highest BCUT2D eigenvalue weighted by Gasteiger charge is 2.30. The molecule has 2 heterocycles. The molecular formula is C19H26F3N3S. The van der Waals surface area contributed by atoms with Gasteiger partial charge < -0.3 is 15.1 Å². The first-order valence-corrected chi connectivity index (χ1v) is 9.81. The van der Waals surface area contributed by atoms with Gasteiger partial charge in [-0.25, -0.2) is 0 Å². The van der Waals surface area contributed by atoms with E-state index < -0.39 is 11.7 Å². The molecule has 0 radical (unpaired) electrons. The Morgan fingerprint density at radius 2 is 1.69 bits per heavy atom. The molecule has 7 heteroatoms. The summed E-state index contributed by atoms with van der Waals surface area (Å²) in [6.07, 6.45) is 2.81. The first-order valence-electron chi connectivity index (χ1n) is 9.41. The predicted octanol–water partition coefficient (Wildman–Crippen LogP) is 4.74. The van der Waals surface area contributed by atoms with Crippen LogP contribution in [0.3, 0.4) is 0 Å². The number of nitrogens with zero attached hydrogens (tertiary/aromatic N) is 2. The first kappa shape index (κ1) is 19.4. The van der Waals surface area contributed by atoms with Crippen LogP contribution in [-0.4, -0.2) is 47.1 Å². The van der Waals surface area contributed by atoms with Gasteiger partial charge in [0.15, 0.2) is 5.11 Å². The van der Waals surface area contributed by atoms with Crippen molar-refractivity contribution < 1.29 is 13.2 Å². The second-order valence-corrected chi connectivity index (χ2v) is 7.57. The Hall–Kier alpha value is -1.34. The molecule has 2 aliphatic heterocycles. The average Bonchev–Trinajstić information content (AvgIpc) is 3.13. The maximum absolute atomic E-state index is 12.7. The van der Waals surface area contributed by atoms with Crippen LogP contribution in [0, 0.1) is 0 Å². The molecule has 1 atom stereocenters. The zero-order chi connectivity index (χ0) is 18.6. The molecule has 0 amide bonds. The zero-order valence-electron chi connectivity index (χ0n) is 14.9. The van der Waals surface area contributed by atoms with Crippen molar-refractivity contribution in [2.45, 2.75) is 50.7 Å². The van der Waals surface area contributed by atoms with Crippen molar-refractivity contribution in [3.63, 3.8) is 0 Å². The van der Waals surface area contributed by atoms with Crippen LogP contribution in [-0.2, 0) is 6.18 Å². The van der Waals surface area contributed by atoms with E-state index >= 15 is 0 Å². The summed E-state index contributed by atoms with van der Waals surface area (Å²) in [4.78, 5) is 4.74. The summed E-state index contributed by atoms with van der Waals surface area (Å²) in [6.45, 7) is 4.41. The SMILES string of the molecule is FC(F)(F)c1ccc(NC(=S)N2CCCC[C@H]2CCN2CCCC2)cc1. The molecule has 0 bridgehead atoms. The van der Waals surface area contributed by atoms with Gasteiger partial charge in [-0.2, -0.15) is 13.2 Å². The summed E-state index contributed by atoms with van der Waals surface area (Å²) in [5, 5.41) is 3.75. The van der Waals surface area contributed by atoms with E-state index in [4.69, 9.17) is 12.2 Å². The van der Waals surface area contributed by atoms with Crippen molar-refractivity contribution in [2.24, 2.45) is 0 Å². The van der Waals surface area contributed by atoms with Crippen molar-refractivity contribution in [2.75, 3.05) is 31.5 Å². The third-order valence-corrected chi connectivity index (χ3v) is 5.67. The molecule has 144 valence electrons. The lowest BCUT2D eigenvalue weighted by molar-refractivity contribution is -0.137. The van der Waals surface area contributed by atoms with Gasteiger partial charge in [0.1, 0.15) is 0 Å². The molecule has 1 aromatic rings. The Balaban J connectivity index is 1.57. The fourth-order valence-corrected chi connectivity index (χ4v) is 4.20. The molecule has 0 unspecified atom stereocenters. The fourth-order valence-electron chi connectivity index (χ4n) is 3.84. The number of nitrogens with one attached hydrogen (secondary N) is 1. The number of hydrogen-bond donors (Lipinski definition) is 1. The van der Waals surface area contributed by atoms with Crippen molar-refractivity contribution in [1.29, 1.82) is 0 Å². The number of likely N-dealkylation sites (tertiary alicyclic amines) is 2. The van der Waals surface area contributed by atoms with E-state index in [0.29, 0.717) is 16.8 Å². The highest BCUT2D eigenvalue weighted by Crippen LogP contribution is 2.30. The van der Waals surface area contributed by atoms with Gasteiger partial charge in [0.25, 0.3) is 0 Å². The molecule has 26 heavy (non-hydrogen) atoms. The van der Waals surface area contributed by atoms with Gasteiger partial charge in [-0.1, -0.05) is 0 Å². The largest absolute Gasteiger partial charge is 0.416 e. The van der Waals surface area contributed by atoms with E-state index in [1.54, 1.807) is 0 Å². The summed E-state index contributed by atoms with van der Waals surface area (Å²) in [7, 11) is 0. The average molecular weight is 385 g/mol. The number of rotatable bonds is 4. The summed E-state index contributed by atoms with van der Waals surface area (Å²) in [6, 6.07) is 5.48. The van der Waals surface area contributed by atoms with Gasteiger partial charge in [-0.3, -0.25) is 0 Å². The Bertz CT molecular complexity index is 597. The molecule has 0 aromatic heterocycles. The topological polar surface area (TPSA) is 18.5 Å². The molecule has 0 aliphatic carbocycles. The molecule has 0 saturated carbocycles. The highest BCUT2D eigenvalue weighted by molar-refractivity contribution is 7.80. The summed E-state index contributed by atoms with van der Waals surface area (Å²) < 4.78 is 38.0. The smallest absolute Gasteiger partial charge is 0.346 e. The van der Waals surface area contributed by atoms with Crippen LogP contribution >= 0.6 is 12.2 Å². The van der Waals surface area contributed by atoms with Crippen LogP contribution in [0.2, 0.25) is 0 Å². The summed E-state index contributed by atoms with van der Waals surface area (Å²) in [5.41, 5.74) is -0.0395. The number of benzene rings is 1. The number of alkyl halides is 3. The fraction of sp³-hybridized carbons (Fsp3) is 0.632. The van der Waals surface area contributed by atoms with E-state index in [2.05, 4.69) is 15.1 Å². The molecule has 3 nitrogen and oxygen atoms in total. The Morgan fingerprint density at radius 3 is 2.35 bits per heavy atom. The molecule has 0 spiro atoms. The van der Waals surface area contributed by atoms with Crippen molar-refractivity contribution in [1.82, 2.24) is 9.80 Å². The predicted molar refractivity (Wildman–Crippen MR) is 102 cm³/mol. The van der Waals surface area contributed by atoms with E-state index in [-0.39, 0.29) is 0 Å². The van der Waals surface area contributed by atoms with Gasteiger partial charge in [0.05, 0.1) is 5.56 Å². The van der Waals surface area contributed by atoms with Gasteiger partial charge in [-0.15, -0.1) is 0 Å². The quantitative estimate of drug-likeness (QED) is 0.754. The van der Waals surface area contributed by atoms with Crippen molar-refractivity contribution >= 4 is 23.0 Å². The second kappa shape index (κ2) is 8.57. The Morgan fingerprint density at radius 1 is 1.04 bits per heavy atom. The standard InChI is InChI=1S/C19H26F3N3S/c20-19(21,22)15-6-8-16(9-7-15)23-18(26)25-13-2-1-5-17(25)10-14-24-11-3-4-12-24/h6-9,17H,1-5,10-14H2,(H,23,26)/t17-/m0/s1. The molecule has 2 saturated heterocycles.